The molecule has 1 heterocycles. The molecular weight excluding hydrogens is 398 g/mol. The fourth-order valence-corrected chi connectivity index (χ4v) is 3.39. The van der Waals surface area contributed by atoms with Crippen molar-refractivity contribution >= 4 is 50.9 Å². The number of benzene rings is 1. The van der Waals surface area contributed by atoms with E-state index >= 15 is 0 Å². The second kappa shape index (κ2) is 7.85. The molecule has 1 aromatic carbocycles. The van der Waals surface area contributed by atoms with E-state index in [0.29, 0.717) is 22.6 Å². The molecule has 24 heavy (non-hydrogen) atoms. The Morgan fingerprint density at radius 3 is 2.79 bits per heavy atom. The molecule has 8 heteroatoms. The van der Waals surface area contributed by atoms with Crippen molar-refractivity contribution in [3.63, 3.8) is 0 Å². The molecule has 1 N–H and O–H groups in total. The molecule has 1 aliphatic rings. The molecule has 6 nitrogen and oxygen atoms in total. The Balaban J connectivity index is 2.33. The smallest absolute Gasteiger partial charge is 0.341 e. The highest BCUT2D eigenvalue weighted by atomic mass is 79.9. The van der Waals surface area contributed by atoms with Gasteiger partial charge in [0.2, 0.25) is 0 Å². The third-order valence-corrected chi connectivity index (χ3v) is 4.84. The minimum atomic E-state index is -1.10. The number of aliphatic carboxylic acids is 1. The highest BCUT2D eigenvalue weighted by Gasteiger charge is 2.37. The van der Waals surface area contributed by atoms with E-state index in [9.17, 15) is 14.4 Å². The maximum Gasteiger partial charge on any atom is 0.341 e. The number of amides is 2. The number of halogens is 1. The Morgan fingerprint density at radius 1 is 1.46 bits per heavy atom. The zero-order valence-electron chi connectivity index (χ0n) is 13.1. The van der Waals surface area contributed by atoms with Crippen LogP contribution in [0.5, 0.6) is 5.75 Å². The zero-order valence-corrected chi connectivity index (χ0v) is 15.5. The van der Waals surface area contributed by atoms with Gasteiger partial charge in [-0.05, 0) is 49.4 Å². The summed E-state index contributed by atoms with van der Waals surface area (Å²) in [4.78, 5) is 36.7. The minimum absolute atomic E-state index is 0.173. The number of hydrogen-bond acceptors (Lipinski definition) is 5. The number of carboxylic acids is 1. The number of ether oxygens (including phenoxy) is 1. The Kier molecular flexibility index (Phi) is 6.06. The van der Waals surface area contributed by atoms with Gasteiger partial charge in [-0.15, -0.1) is 0 Å². The molecular formula is C16H16BrNO5S. The van der Waals surface area contributed by atoms with Crippen molar-refractivity contribution in [1.29, 1.82) is 0 Å². The van der Waals surface area contributed by atoms with Gasteiger partial charge in [-0.25, -0.2) is 4.79 Å². The quantitative estimate of drug-likeness (QED) is 0.714. The topological polar surface area (TPSA) is 83.9 Å². The minimum Gasteiger partial charge on any atom is -0.481 e. The Bertz CT molecular complexity index is 718. The van der Waals surface area contributed by atoms with Crippen LogP contribution in [-0.4, -0.2) is 39.8 Å². The van der Waals surface area contributed by atoms with Crippen LogP contribution in [0.1, 0.15) is 25.8 Å². The van der Waals surface area contributed by atoms with E-state index in [1.54, 1.807) is 24.3 Å². The van der Waals surface area contributed by atoms with E-state index < -0.39 is 12.6 Å². The number of carboxylic acid groups (broad SMARTS) is 1. The maximum absolute atomic E-state index is 12.5. The molecule has 1 aliphatic heterocycles. The molecule has 1 atom stereocenters. The number of carbonyl (C=O) groups is 3. The summed E-state index contributed by atoms with van der Waals surface area (Å²) in [6.07, 6.45) is 2.23. The van der Waals surface area contributed by atoms with Crippen molar-refractivity contribution in [3.05, 3.63) is 33.1 Å². The summed E-state index contributed by atoms with van der Waals surface area (Å²) >= 11 is 4.20. The van der Waals surface area contributed by atoms with Gasteiger partial charge in [0, 0.05) is 16.1 Å². The normalized spacial score (nSPS) is 17.5. The lowest BCUT2D eigenvalue weighted by Gasteiger charge is -2.19. The maximum atomic E-state index is 12.5. The number of imide groups is 1. The summed E-state index contributed by atoms with van der Waals surface area (Å²) in [7, 11) is 0. The van der Waals surface area contributed by atoms with Gasteiger partial charge in [-0.1, -0.05) is 22.9 Å². The lowest BCUT2D eigenvalue weighted by molar-refractivity contribution is -0.139. The second-order valence-electron chi connectivity index (χ2n) is 5.17. The molecule has 2 rings (SSSR count). The first kappa shape index (κ1) is 18.5. The largest absolute Gasteiger partial charge is 0.481 e. The standard InChI is InChI=1S/C16H16BrNO5S/c1-3-9(2)18-15(21)13(24-16(18)22)7-10-6-11(17)4-5-12(10)23-8-14(19)20/h4-7,9H,3,8H2,1-2H3,(H,19,20)/b13-7+/t9-/m0/s1. The summed E-state index contributed by atoms with van der Waals surface area (Å²) in [6, 6.07) is 4.85. The summed E-state index contributed by atoms with van der Waals surface area (Å²) in [5.74, 6) is -1.11. The van der Waals surface area contributed by atoms with Gasteiger partial charge in [0.25, 0.3) is 11.1 Å². The molecule has 0 unspecified atom stereocenters. The second-order valence-corrected chi connectivity index (χ2v) is 7.08. The average Bonchev–Trinajstić information content (AvgIpc) is 2.80. The van der Waals surface area contributed by atoms with E-state index in [0.717, 1.165) is 16.2 Å². The van der Waals surface area contributed by atoms with Gasteiger partial charge in [0.15, 0.2) is 6.61 Å². The van der Waals surface area contributed by atoms with Gasteiger partial charge >= 0.3 is 5.97 Å². The van der Waals surface area contributed by atoms with Crippen LogP contribution in [0.4, 0.5) is 4.79 Å². The first-order valence-corrected chi connectivity index (χ1v) is 8.85. The Hall–Kier alpha value is -1.80. The van der Waals surface area contributed by atoms with Gasteiger partial charge < -0.3 is 9.84 Å². The molecule has 0 saturated carbocycles. The van der Waals surface area contributed by atoms with E-state index in [2.05, 4.69) is 15.9 Å². The molecule has 0 spiro atoms. The fourth-order valence-electron chi connectivity index (χ4n) is 2.09. The highest BCUT2D eigenvalue weighted by Crippen LogP contribution is 2.36. The van der Waals surface area contributed by atoms with Crippen molar-refractivity contribution in [2.24, 2.45) is 0 Å². The molecule has 0 aromatic heterocycles. The first-order chi connectivity index (χ1) is 11.3. The Labute approximate surface area is 152 Å². The van der Waals surface area contributed by atoms with E-state index in [1.165, 1.54) is 4.90 Å². The summed E-state index contributed by atoms with van der Waals surface area (Å²) in [6.45, 7) is 3.24. The van der Waals surface area contributed by atoms with Gasteiger partial charge in [0.05, 0.1) is 4.91 Å². The van der Waals surface area contributed by atoms with Crippen molar-refractivity contribution in [3.8, 4) is 5.75 Å². The van der Waals surface area contributed by atoms with Crippen LogP contribution in [0, 0.1) is 0 Å². The van der Waals surface area contributed by atoms with E-state index in [4.69, 9.17) is 9.84 Å². The van der Waals surface area contributed by atoms with Crippen LogP contribution in [0.15, 0.2) is 27.6 Å². The van der Waals surface area contributed by atoms with E-state index in [1.807, 2.05) is 13.8 Å². The van der Waals surface area contributed by atoms with Crippen LogP contribution >= 0.6 is 27.7 Å². The molecule has 0 aliphatic carbocycles. The predicted octanol–water partition coefficient (Wildman–Crippen LogP) is 3.75. The predicted molar refractivity (Wildman–Crippen MR) is 94.8 cm³/mol. The van der Waals surface area contributed by atoms with Crippen molar-refractivity contribution in [2.45, 2.75) is 26.3 Å². The molecule has 1 fully saturated rings. The molecule has 0 radical (unpaired) electrons. The third kappa shape index (κ3) is 4.18. The van der Waals surface area contributed by atoms with Gasteiger partial charge in [-0.2, -0.15) is 0 Å². The molecule has 1 saturated heterocycles. The lowest BCUT2D eigenvalue weighted by atomic mass is 10.1. The monoisotopic (exact) mass is 413 g/mol. The number of thioether (sulfide) groups is 1. The van der Waals surface area contributed by atoms with Gasteiger partial charge in [-0.3, -0.25) is 14.5 Å². The molecule has 0 bridgehead atoms. The van der Waals surface area contributed by atoms with Crippen LogP contribution in [-0.2, 0) is 9.59 Å². The van der Waals surface area contributed by atoms with Crippen molar-refractivity contribution < 1.29 is 24.2 Å². The van der Waals surface area contributed by atoms with Crippen LogP contribution in [0.25, 0.3) is 6.08 Å². The van der Waals surface area contributed by atoms with Crippen LogP contribution in [0.3, 0.4) is 0 Å². The average molecular weight is 414 g/mol. The summed E-state index contributed by atoms with van der Waals surface area (Å²) in [5, 5.41) is 8.44. The van der Waals surface area contributed by atoms with Gasteiger partial charge in [0.1, 0.15) is 5.75 Å². The van der Waals surface area contributed by atoms with E-state index in [-0.39, 0.29) is 17.2 Å². The van der Waals surface area contributed by atoms with Crippen molar-refractivity contribution in [2.75, 3.05) is 6.61 Å². The number of hydrogen-bond donors (Lipinski definition) is 1. The lowest BCUT2D eigenvalue weighted by Crippen LogP contribution is -2.36. The van der Waals surface area contributed by atoms with Crippen LogP contribution in [0.2, 0.25) is 0 Å². The summed E-state index contributed by atoms with van der Waals surface area (Å²) in [5.41, 5.74) is 0.528. The molecule has 128 valence electrons. The SMILES string of the molecule is CC[C@H](C)N1C(=O)S/C(=C/c2cc(Br)ccc2OCC(=O)O)C1=O. The number of rotatable bonds is 6. The zero-order chi connectivity index (χ0) is 17.9. The number of carbonyl (C=O) groups excluding carboxylic acids is 2. The molecule has 1 aromatic rings. The fraction of sp³-hybridized carbons (Fsp3) is 0.312. The molecule has 2 amide bonds. The third-order valence-electron chi connectivity index (χ3n) is 3.46. The first-order valence-electron chi connectivity index (χ1n) is 7.24. The highest BCUT2D eigenvalue weighted by molar-refractivity contribution is 9.10. The van der Waals surface area contributed by atoms with Crippen molar-refractivity contribution in [1.82, 2.24) is 4.90 Å². The van der Waals surface area contributed by atoms with Crippen LogP contribution < -0.4 is 4.74 Å². The Morgan fingerprint density at radius 2 is 2.17 bits per heavy atom. The summed E-state index contributed by atoms with van der Waals surface area (Å²) < 4.78 is 5.99. The number of nitrogens with zero attached hydrogens (tertiary/aromatic N) is 1.